The summed E-state index contributed by atoms with van der Waals surface area (Å²) in [6, 6.07) is 18.6. The summed E-state index contributed by atoms with van der Waals surface area (Å²) in [5, 5.41) is 11.5. The predicted octanol–water partition coefficient (Wildman–Crippen LogP) is 6.66. The van der Waals surface area contributed by atoms with Crippen LogP contribution in [0.15, 0.2) is 77.7 Å². The third-order valence-electron chi connectivity index (χ3n) is 8.45. The summed E-state index contributed by atoms with van der Waals surface area (Å²) in [6.45, 7) is 14.0. The highest BCUT2D eigenvalue weighted by atomic mass is 32.2. The predicted molar refractivity (Wildman–Crippen MR) is 177 cm³/mol. The number of benzene rings is 3. The first-order chi connectivity index (χ1) is 21.2. The summed E-state index contributed by atoms with van der Waals surface area (Å²) in [6.07, 6.45) is 3.28. The number of carbonyl (C=O) groups excluding carboxylic acids is 1. The quantitative estimate of drug-likeness (QED) is 0.0853. The Bertz CT molecular complexity index is 1540. The minimum Gasteiger partial charge on any atom is -0.493 e. The largest absolute Gasteiger partial charge is 0.493 e. The smallest absolute Gasteiger partial charge is 0.317 e. The summed E-state index contributed by atoms with van der Waals surface area (Å²) in [5.74, 6) is 0.0215. The van der Waals surface area contributed by atoms with E-state index in [1.54, 1.807) is 18.2 Å². The molecule has 0 aromatic heterocycles. The molecule has 0 spiro atoms. The molecular formula is C34H46N4O6S. The van der Waals surface area contributed by atoms with E-state index in [2.05, 4.69) is 75.3 Å². The molecule has 1 atom stereocenters. The van der Waals surface area contributed by atoms with Crippen LogP contribution in [0.2, 0.25) is 0 Å². The highest BCUT2D eigenvalue weighted by Gasteiger charge is 2.31. The molecular weight excluding hydrogens is 592 g/mol. The number of nitrogens with one attached hydrogen (secondary N) is 3. The molecule has 0 fully saturated rings. The maximum absolute atomic E-state index is 12.8. The van der Waals surface area contributed by atoms with Crippen LogP contribution in [-0.2, 0) is 25.6 Å². The van der Waals surface area contributed by atoms with Gasteiger partial charge in [-0.25, -0.2) is 13.1 Å². The van der Waals surface area contributed by atoms with Crippen molar-refractivity contribution in [3.8, 4) is 5.75 Å². The minimum absolute atomic E-state index is 0.0406. The van der Waals surface area contributed by atoms with Crippen molar-refractivity contribution in [3.05, 3.63) is 99.6 Å². The van der Waals surface area contributed by atoms with E-state index in [4.69, 9.17) is 4.74 Å². The summed E-state index contributed by atoms with van der Waals surface area (Å²) >= 11 is 0. The van der Waals surface area contributed by atoms with Crippen LogP contribution in [0.5, 0.6) is 5.75 Å². The molecule has 3 rings (SSSR count). The van der Waals surface area contributed by atoms with E-state index < -0.39 is 26.9 Å². The molecule has 244 valence electrons. The molecule has 0 aliphatic carbocycles. The molecule has 1 amide bonds. The molecule has 0 saturated carbocycles. The van der Waals surface area contributed by atoms with Crippen LogP contribution in [-0.4, -0.2) is 32.4 Å². The number of nitro groups is 1. The molecule has 0 saturated heterocycles. The lowest BCUT2D eigenvalue weighted by Crippen LogP contribution is -2.37. The van der Waals surface area contributed by atoms with Crippen molar-refractivity contribution in [1.82, 2.24) is 10.1 Å². The fourth-order valence-corrected chi connectivity index (χ4v) is 5.70. The average molecular weight is 639 g/mol. The van der Waals surface area contributed by atoms with E-state index in [1.165, 1.54) is 47.5 Å². The Morgan fingerprint density at radius 3 is 2.16 bits per heavy atom. The van der Waals surface area contributed by atoms with Crippen LogP contribution >= 0.6 is 0 Å². The van der Waals surface area contributed by atoms with Gasteiger partial charge in [0.2, 0.25) is 10.0 Å². The van der Waals surface area contributed by atoms with E-state index in [0.29, 0.717) is 25.1 Å². The number of hydrogen-bond donors (Lipinski definition) is 3. The van der Waals surface area contributed by atoms with Gasteiger partial charge in [0.05, 0.1) is 17.2 Å². The van der Waals surface area contributed by atoms with Gasteiger partial charge in [-0.15, -0.1) is 0 Å². The number of ether oxygens (including phenoxy) is 1. The molecule has 0 radical (unpaired) electrons. The lowest BCUT2D eigenvalue weighted by molar-refractivity contribution is -0.513. The molecule has 11 heteroatoms. The SMILES string of the molecule is CCC(C)(C)c1ccc(OCCCCNS(=O)(=O)c2ccc(NNC(=O)C(c3ccccc3)[N+](=O)[O-])cc2)c(C(C)(C)CC)c1. The maximum atomic E-state index is 12.8. The molecule has 3 aromatic carbocycles. The second-order valence-electron chi connectivity index (χ2n) is 12.4. The molecule has 0 aliphatic rings. The van der Waals surface area contributed by atoms with Gasteiger partial charge in [-0.1, -0.05) is 84.0 Å². The standard InChI is InChI=1S/C34H46N4O6S/c1-7-33(3,4)26-16-21-30(29(24-26)34(5,6)8-2)44-23-13-12-22-35-45(42,43)28-19-17-27(18-20-28)36-37-32(39)31(38(40)41)25-14-10-9-11-15-25/h9-11,14-21,24,31,35-36H,7-8,12-13,22-23H2,1-6H3,(H,37,39). The Labute approximate surface area is 267 Å². The average Bonchev–Trinajstić information content (AvgIpc) is 3.02. The molecule has 0 bridgehead atoms. The van der Waals surface area contributed by atoms with Gasteiger partial charge < -0.3 is 4.74 Å². The Hall–Kier alpha value is -3.96. The number of amides is 1. The van der Waals surface area contributed by atoms with Gasteiger partial charge in [0.1, 0.15) is 5.75 Å². The van der Waals surface area contributed by atoms with Crippen molar-refractivity contribution < 1.29 is 22.9 Å². The van der Waals surface area contributed by atoms with Gasteiger partial charge in [-0.3, -0.25) is 25.8 Å². The Kier molecular flexibility index (Phi) is 12.1. The lowest BCUT2D eigenvalue weighted by Gasteiger charge is -2.30. The first kappa shape index (κ1) is 35.5. The zero-order valence-corrected chi connectivity index (χ0v) is 27.9. The zero-order valence-electron chi connectivity index (χ0n) is 27.1. The molecule has 10 nitrogen and oxygen atoms in total. The summed E-state index contributed by atoms with van der Waals surface area (Å²) in [4.78, 5) is 23.3. The van der Waals surface area contributed by atoms with Crippen molar-refractivity contribution in [1.29, 1.82) is 0 Å². The molecule has 3 aromatic rings. The second-order valence-corrected chi connectivity index (χ2v) is 14.1. The number of nitrogens with zero attached hydrogens (tertiary/aromatic N) is 1. The van der Waals surface area contributed by atoms with Crippen LogP contribution in [0.1, 0.15) is 90.0 Å². The van der Waals surface area contributed by atoms with Crippen LogP contribution in [0.3, 0.4) is 0 Å². The molecule has 0 heterocycles. The Balaban J connectivity index is 1.50. The number of rotatable bonds is 17. The number of hydrazine groups is 1. The minimum atomic E-state index is -3.75. The van der Waals surface area contributed by atoms with Crippen LogP contribution < -0.4 is 20.3 Å². The third-order valence-corrected chi connectivity index (χ3v) is 9.92. The fraction of sp³-hybridized carbons (Fsp3) is 0.441. The zero-order chi connectivity index (χ0) is 33.3. The van der Waals surface area contributed by atoms with Gasteiger partial charge in [0.15, 0.2) is 0 Å². The van der Waals surface area contributed by atoms with E-state index >= 15 is 0 Å². The molecule has 0 aliphatic heterocycles. The van der Waals surface area contributed by atoms with Crippen molar-refractivity contribution in [2.75, 3.05) is 18.6 Å². The van der Waals surface area contributed by atoms with Crippen molar-refractivity contribution in [2.45, 2.75) is 89.0 Å². The Morgan fingerprint density at radius 2 is 1.56 bits per heavy atom. The number of anilines is 1. The molecule has 45 heavy (non-hydrogen) atoms. The van der Waals surface area contributed by atoms with Gasteiger partial charge in [-0.2, -0.15) is 0 Å². The van der Waals surface area contributed by atoms with E-state index in [9.17, 15) is 23.3 Å². The van der Waals surface area contributed by atoms with Gasteiger partial charge in [0, 0.05) is 22.6 Å². The molecule has 3 N–H and O–H groups in total. The summed E-state index contributed by atoms with van der Waals surface area (Å²) < 4.78 is 34.4. The topological polar surface area (TPSA) is 140 Å². The van der Waals surface area contributed by atoms with E-state index in [0.717, 1.165) is 18.6 Å². The highest BCUT2D eigenvalue weighted by Crippen LogP contribution is 2.38. The van der Waals surface area contributed by atoms with Crippen molar-refractivity contribution >= 4 is 21.6 Å². The van der Waals surface area contributed by atoms with Crippen molar-refractivity contribution in [3.63, 3.8) is 0 Å². The normalized spacial score (nSPS) is 12.8. The van der Waals surface area contributed by atoms with Crippen LogP contribution in [0.4, 0.5) is 5.69 Å². The molecule has 1 unspecified atom stereocenters. The highest BCUT2D eigenvalue weighted by molar-refractivity contribution is 7.89. The van der Waals surface area contributed by atoms with Gasteiger partial charge >= 0.3 is 11.9 Å². The number of carbonyl (C=O) groups is 1. The van der Waals surface area contributed by atoms with Crippen molar-refractivity contribution in [2.24, 2.45) is 0 Å². The van der Waals surface area contributed by atoms with E-state index in [-0.39, 0.29) is 27.8 Å². The monoisotopic (exact) mass is 638 g/mol. The van der Waals surface area contributed by atoms with Crippen LogP contribution in [0.25, 0.3) is 0 Å². The summed E-state index contributed by atoms with van der Waals surface area (Å²) in [5.41, 5.74) is 8.06. The second kappa shape index (κ2) is 15.4. The lowest BCUT2D eigenvalue weighted by atomic mass is 9.76. The fourth-order valence-electron chi connectivity index (χ4n) is 4.62. The van der Waals surface area contributed by atoms with Gasteiger partial charge in [-0.05, 0) is 72.4 Å². The van der Waals surface area contributed by atoms with Crippen LogP contribution in [0, 0.1) is 10.1 Å². The maximum Gasteiger partial charge on any atom is 0.317 e. The Morgan fingerprint density at radius 1 is 0.911 bits per heavy atom. The van der Waals surface area contributed by atoms with Gasteiger partial charge in [0.25, 0.3) is 0 Å². The number of hydrogen-bond acceptors (Lipinski definition) is 7. The van der Waals surface area contributed by atoms with E-state index in [1.807, 2.05) is 0 Å². The number of sulfonamides is 1. The number of unbranched alkanes of at least 4 members (excludes halogenated alkanes) is 1. The first-order valence-corrected chi connectivity index (χ1v) is 16.8. The summed E-state index contributed by atoms with van der Waals surface area (Å²) in [7, 11) is -3.75. The third kappa shape index (κ3) is 9.51. The first-order valence-electron chi connectivity index (χ1n) is 15.3.